The molecule has 1 aliphatic rings. The molecule has 3 nitrogen and oxygen atoms in total. The summed E-state index contributed by atoms with van der Waals surface area (Å²) in [4.78, 5) is 14.5. The summed E-state index contributed by atoms with van der Waals surface area (Å²) in [5, 5.41) is 9.00. The van der Waals surface area contributed by atoms with Crippen molar-refractivity contribution in [2.45, 2.75) is 32.4 Å². The summed E-state index contributed by atoms with van der Waals surface area (Å²) in [6, 6.07) is 4.28. The topological polar surface area (TPSA) is 40.5 Å². The number of nitrogens with zero attached hydrogens (tertiary/aromatic N) is 1. The highest BCUT2D eigenvalue weighted by atomic mass is 35.5. The van der Waals surface area contributed by atoms with E-state index < -0.39 is 5.97 Å². The molecule has 0 saturated carbocycles. The molecule has 0 bridgehead atoms. The minimum atomic E-state index is -0.657. The van der Waals surface area contributed by atoms with Crippen molar-refractivity contribution in [3.8, 4) is 0 Å². The summed E-state index contributed by atoms with van der Waals surface area (Å²) in [5.74, 6) is -0.830. The van der Waals surface area contributed by atoms with Crippen LogP contribution in [0.2, 0.25) is 4.34 Å². The second kappa shape index (κ2) is 5.38. The number of piperidine rings is 1. The van der Waals surface area contributed by atoms with Gasteiger partial charge in [-0.2, -0.15) is 0 Å². The van der Waals surface area contributed by atoms with E-state index in [1.54, 1.807) is 11.3 Å². The zero-order valence-corrected chi connectivity index (χ0v) is 11.3. The largest absolute Gasteiger partial charge is 0.481 e. The maximum Gasteiger partial charge on any atom is 0.306 e. The van der Waals surface area contributed by atoms with Crippen LogP contribution >= 0.6 is 22.9 Å². The van der Waals surface area contributed by atoms with Crippen molar-refractivity contribution in [1.82, 2.24) is 4.90 Å². The maximum atomic E-state index is 10.9. The van der Waals surface area contributed by atoms with Gasteiger partial charge in [-0.05, 0) is 38.4 Å². The molecular formula is C12H16ClNO2S. The van der Waals surface area contributed by atoms with Gasteiger partial charge in [-0.3, -0.25) is 9.69 Å². The summed E-state index contributed by atoms with van der Waals surface area (Å²) in [7, 11) is 0. The number of hydrogen-bond acceptors (Lipinski definition) is 3. The number of likely N-dealkylation sites (tertiary alicyclic amines) is 1. The highest BCUT2D eigenvalue weighted by Gasteiger charge is 2.29. The van der Waals surface area contributed by atoms with E-state index in [9.17, 15) is 4.79 Å². The van der Waals surface area contributed by atoms with E-state index in [0.717, 1.165) is 30.3 Å². The van der Waals surface area contributed by atoms with E-state index in [1.165, 1.54) is 4.88 Å². The van der Waals surface area contributed by atoms with Gasteiger partial charge < -0.3 is 5.11 Å². The quantitative estimate of drug-likeness (QED) is 0.920. The second-order valence-electron chi connectivity index (χ2n) is 4.58. The van der Waals surface area contributed by atoms with Gasteiger partial charge in [0, 0.05) is 17.5 Å². The Morgan fingerprint density at radius 1 is 1.65 bits per heavy atom. The Morgan fingerprint density at radius 3 is 2.94 bits per heavy atom. The Hall–Kier alpha value is -0.580. The van der Waals surface area contributed by atoms with Crippen LogP contribution in [0.25, 0.3) is 0 Å². The Morgan fingerprint density at radius 2 is 2.41 bits per heavy atom. The van der Waals surface area contributed by atoms with E-state index in [-0.39, 0.29) is 5.92 Å². The first-order valence-electron chi connectivity index (χ1n) is 5.77. The molecule has 2 rings (SSSR count). The van der Waals surface area contributed by atoms with Crippen molar-refractivity contribution in [3.05, 3.63) is 21.3 Å². The Bertz CT molecular complexity index is 407. The first-order chi connectivity index (χ1) is 8.06. The van der Waals surface area contributed by atoms with Crippen LogP contribution in [-0.4, -0.2) is 28.6 Å². The number of carboxylic acids is 1. The van der Waals surface area contributed by atoms with Gasteiger partial charge >= 0.3 is 5.97 Å². The fourth-order valence-corrected chi connectivity index (χ4v) is 3.43. The molecule has 1 N–H and O–H groups in total. The third kappa shape index (κ3) is 3.21. The summed E-state index contributed by atoms with van der Waals surface area (Å²) >= 11 is 7.50. The third-order valence-corrected chi connectivity index (χ3v) is 4.57. The van der Waals surface area contributed by atoms with E-state index in [2.05, 4.69) is 11.8 Å². The Kier molecular flexibility index (Phi) is 4.07. The zero-order chi connectivity index (χ0) is 12.4. The summed E-state index contributed by atoms with van der Waals surface area (Å²) in [6.45, 7) is 3.84. The van der Waals surface area contributed by atoms with Crippen LogP contribution in [0.5, 0.6) is 0 Å². The van der Waals surface area contributed by atoms with Crippen LogP contribution in [0.3, 0.4) is 0 Å². The molecular weight excluding hydrogens is 258 g/mol. The zero-order valence-electron chi connectivity index (χ0n) is 9.73. The lowest BCUT2D eigenvalue weighted by atomic mass is 9.92. The molecule has 2 atom stereocenters. The summed E-state index contributed by atoms with van der Waals surface area (Å²) < 4.78 is 0.813. The number of halogens is 1. The number of aliphatic carboxylic acids is 1. The second-order valence-corrected chi connectivity index (χ2v) is 6.38. The first-order valence-corrected chi connectivity index (χ1v) is 6.97. The molecule has 5 heteroatoms. The van der Waals surface area contributed by atoms with E-state index in [4.69, 9.17) is 16.7 Å². The van der Waals surface area contributed by atoms with Crippen molar-refractivity contribution >= 4 is 28.9 Å². The molecule has 0 aliphatic carbocycles. The van der Waals surface area contributed by atoms with Crippen molar-refractivity contribution < 1.29 is 9.90 Å². The van der Waals surface area contributed by atoms with Gasteiger partial charge in [-0.1, -0.05) is 11.6 Å². The molecule has 2 unspecified atom stereocenters. The number of rotatable bonds is 3. The lowest BCUT2D eigenvalue weighted by Crippen LogP contribution is -2.41. The molecule has 1 aromatic heterocycles. The van der Waals surface area contributed by atoms with Crippen LogP contribution in [0.15, 0.2) is 12.1 Å². The molecule has 1 saturated heterocycles. The standard InChI is InChI=1S/C12H16ClNO2S/c1-8-6-9(12(15)16)4-5-14(8)7-10-2-3-11(13)17-10/h2-3,8-9H,4-7H2,1H3,(H,15,16). The monoisotopic (exact) mass is 273 g/mol. The van der Waals surface area contributed by atoms with Gasteiger partial charge in [0.25, 0.3) is 0 Å². The van der Waals surface area contributed by atoms with Crippen molar-refractivity contribution in [2.75, 3.05) is 6.54 Å². The number of hydrogen-bond donors (Lipinski definition) is 1. The lowest BCUT2D eigenvalue weighted by molar-refractivity contribution is -0.144. The van der Waals surface area contributed by atoms with Gasteiger partial charge in [-0.25, -0.2) is 0 Å². The van der Waals surface area contributed by atoms with Gasteiger partial charge in [-0.15, -0.1) is 11.3 Å². The molecule has 0 spiro atoms. The van der Waals surface area contributed by atoms with E-state index in [0.29, 0.717) is 6.04 Å². The average Bonchev–Trinajstić information content (AvgIpc) is 2.67. The normalized spacial score (nSPS) is 26.0. The van der Waals surface area contributed by atoms with E-state index in [1.807, 2.05) is 12.1 Å². The van der Waals surface area contributed by atoms with Crippen LogP contribution < -0.4 is 0 Å². The van der Waals surface area contributed by atoms with Crippen LogP contribution in [-0.2, 0) is 11.3 Å². The van der Waals surface area contributed by atoms with Crippen molar-refractivity contribution in [2.24, 2.45) is 5.92 Å². The molecule has 94 valence electrons. The molecule has 1 aliphatic heterocycles. The minimum absolute atomic E-state index is 0.173. The molecule has 0 radical (unpaired) electrons. The van der Waals surface area contributed by atoms with Crippen LogP contribution in [0.4, 0.5) is 0 Å². The van der Waals surface area contributed by atoms with Gasteiger partial charge in [0.2, 0.25) is 0 Å². The molecule has 0 aromatic carbocycles. The van der Waals surface area contributed by atoms with Gasteiger partial charge in [0.15, 0.2) is 0 Å². The Labute approximate surface area is 110 Å². The van der Waals surface area contributed by atoms with Crippen LogP contribution in [0.1, 0.15) is 24.6 Å². The fourth-order valence-electron chi connectivity index (χ4n) is 2.32. The minimum Gasteiger partial charge on any atom is -0.481 e. The highest BCUT2D eigenvalue weighted by Crippen LogP contribution is 2.28. The van der Waals surface area contributed by atoms with Crippen molar-refractivity contribution in [3.63, 3.8) is 0 Å². The van der Waals surface area contributed by atoms with Gasteiger partial charge in [0.05, 0.1) is 10.3 Å². The SMILES string of the molecule is CC1CC(C(=O)O)CCN1Cc1ccc(Cl)s1. The number of thiophene rings is 1. The van der Waals surface area contributed by atoms with Crippen molar-refractivity contribution in [1.29, 1.82) is 0 Å². The lowest BCUT2D eigenvalue weighted by Gasteiger charge is -2.35. The third-order valence-electron chi connectivity index (χ3n) is 3.35. The average molecular weight is 274 g/mol. The first kappa shape index (κ1) is 12.9. The van der Waals surface area contributed by atoms with E-state index >= 15 is 0 Å². The smallest absolute Gasteiger partial charge is 0.306 e. The molecule has 1 aromatic rings. The van der Waals surface area contributed by atoms with Gasteiger partial charge in [0.1, 0.15) is 0 Å². The summed E-state index contributed by atoms with van der Waals surface area (Å²) in [5.41, 5.74) is 0. The molecule has 0 amide bonds. The highest BCUT2D eigenvalue weighted by molar-refractivity contribution is 7.16. The molecule has 17 heavy (non-hydrogen) atoms. The molecule has 2 heterocycles. The van der Waals surface area contributed by atoms with Crippen LogP contribution in [0, 0.1) is 5.92 Å². The Balaban J connectivity index is 1.93. The predicted octanol–water partition coefficient (Wildman–Crippen LogP) is 3.09. The maximum absolute atomic E-state index is 10.9. The predicted molar refractivity (Wildman–Crippen MR) is 69.6 cm³/mol. The molecule has 1 fully saturated rings. The number of carbonyl (C=O) groups is 1. The fraction of sp³-hybridized carbons (Fsp3) is 0.583. The summed E-state index contributed by atoms with van der Waals surface area (Å²) in [6.07, 6.45) is 1.49. The number of carboxylic acid groups (broad SMARTS) is 1.